The van der Waals surface area contributed by atoms with Crippen LogP contribution >= 0.6 is 0 Å². The topological polar surface area (TPSA) is 70.1 Å². The number of piperazine rings is 1. The molecule has 2 rings (SSSR count). The molecule has 0 aromatic heterocycles. The predicted octanol–water partition coefficient (Wildman–Crippen LogP) is 3.22. The maximum atomic E-state index is 12.3. The van der Waals surface area contributed by atoms with Crippen molar-refractivity contribution in [3.63, 3.8) is 0 Å². The molecule has 1 aliphatic rings. The molecular weight excluding hydrogens is 308 g/mol. The SMILES string of the molecule is CC[C@H]1CN(C(=O)OC(C)(C)C)CCN1c1cccc(C(=O)O)c1. The number of nitrogens with zero attached hydrogens (tertiary/aromatic N) is 2. The van der Waals surface area contributed by atoms with Crippen LogP contribution < -0.4 is 4.90 Å². The average molecular weight is 334 g/mol. The highest BCUT2D eigenvalue weighted by Gasteiger charge is 2.31. The van der Waals surface area contributed by atoms with Gasteiger partial charge in [-0.25, -0.2) is 9.59 Å². The second-order valence-electron chi connectivity index (χ2n) is 7.04. The summed E-state index contributed by atoms with van der Waals surface area (Å²) in [6, 6.07) is 7.08. The van der Waals surface area contributed by atoms with Crippen LogP contribution in [0.1, 0.15) is 44.5 Å². The maximum absolute atomic E-state index is 12.3. The normalized spacial score (nSPS) is 18.4. The third-order valence-corrected chi connectivity index (χ3v) is 4.03. The van der Waals surface area contributed by atoms with Gasteiger partial charge in [0.15, 0.2) is 0 Å². The third kappa shape index (κ3) is 4.40. The van der Waals surface area contributed by atoms with E-state index in [2.05, 4.69) is 11.8 Å². The van der Waals surface area contributed by atoms with E-state index in [1.54, 1.807) is 23.1 Å². The van der Waals surface area contributed by atoms with Crippen LogP contribution in [-0.2, 0) is 4.74 Å². The lowest BCUT2D eigenvalue weighted by molar-refractivity contribution is 0.0213. The number of benzene rings is 1. The van der Waals surface area contributed by atoms with Gasteiger partial charge in [0.1, 0.15) is 5.60 Å². The van der Waals surface area contributed by atoms with E-state index in [1.807, 2.05) is 26.8 Å². The molecule has 0 saturated carbocycles. The Kier molecular flexibility index (Phi) is 5.36. The number of anilines is 1. The van der Waals surface area contributed by atoms with Crippen molar-refractivity contribution in [2.75, 3.05) is 24.5 Å². The molecule has 1 heterocycles. The van der Waals surface area contributed by atoms with Gasteiger partial charge >= 0.3 is 12.1 Å². The Hall–Kier alpha value is -2.24. The van der Waals surface area contributed by atoms with Crippen LogP contribution in [0.2, 0.25) is 0 Å². The second-order valence-corrected chi connectivity index (χ2v) is 7.04. The molecule has 0 aliphatic carbocycles. The van der Waals surface area contributed by atoms with Crippen LogP contribution in [0.4, 0.5) is 10.5 Å². The summed E-state index contributed by atoms with van der Waals surface area (Å²) in [6.07, 6.45) is 0.566. The molecule has 6 nitrogen and oxygen atoms in total. The number of ether oxygens (including phenoxy) is 1. The summed E-state index contributed by atoms with van der Waals surface area (Å²) in [6.45, 7) is 9.42. The number of carbonyl (C=O) groups is 2. The van der Waals surface area contributed by atoms with Crippen LogP contribution in [0.15, 0.2) is 24.3 Å². The molecule has 1 fully saturated rings. The first-order chi connectivity index (χ1) is 11.2. The second kappa shape index (κ2) is 7.11. The average Bonchev–Trinajstić information content (AvgIpc) is 2.52. The highest BCUT2D eigenvalue weighted by Crippen LogP contribution is 2.24. The highest BCUT2D eigenvalue weighted by molar-refractivity contribution is 5.88. The molecule has 1 aromatic rings. The largest absolute Gasteiger partial charge is 0.478 e. The smallest absolute Gasteiger partial charge is 0.410 e. The monoisotopic (exact) mass is 334 g/mol. The minimum Gasteiger partial charge on any atom is -0.478 e. The molecule has 1 N–H and O–H groups in total. The van der Waals surface area contributed by atoms with Crippen LogP contribution in [-0.4, -0.2) is 53.3 Å². The molecule has 0 spiro atoms. The number of hydrogen-bond donors (Lipinski definition) is 1. The number of amides is 1. The lowest BCUT2D eigenvalue weighted by Gasteiger charge is -2.42. The van der Waals surface area contributed by atoms with Crippen molar-refractivity contribution in [3.05, 3.63) is 29.8 Å². The molecule has 1 saturated heterocycles. The quantitative estimate of drug-likeness (QED) is 0.919. The van der Waals surface area contributed by atoms with Crippen LogP contribution in [0.3, 0.4) is 0 Å². The fraction of sp³-hybridized carbons (Fsp3) is 0.556. The van der Waals surface area contributed by atoms with Crippen molar-refractivity contribution in [3.8, 4) is 0 Å². The molecule has 1 amide bonds. The predicted molar refractivity (Wildman–Crippen MR) is 92.6 cm³/mol. The van der Waals surface area contributed by atoms with Crippen molar-refractivity contribution >= 4 is 17.7 Å². The van der Waals surface area contributed by atoms with E-state index in [0.29, 0.717) is 19.6 Å². The molecule has 132 valence electrons. The number of aromatic carboxylic acids is 1. The maximum Gasteiger partial charge on any atom is 0.410 e. The highest BCUT2D eigenvalue weighted by atomic mass is 16.6. The summed E-state index contributed by atoms with van der Waals surface area (Å²) in [7, 11) is 0. The Morgan fingerprint density at radius 2 is 2.00 bits per heavy atom. The Labute approximate surface area is 143 Å². The van der Waals surface area contributed by atoms with Crippen molar-refractivity contribution in [1.29, 1.82) is 0 Å². The van der Waals surface area contributed by atoms with Gasteiger partial charge in [-0.2, -0.15) is 0 Å². The molecule has 1 aromatic carbocycles. The van der Waals surface area contributed by atoms with Gasteiger partial charge in [0.2, 0.25) is 0 Å². The van der Waals surface area contributed by atoms with Gasteiger partial charge in [-0.1, -0.05) is 13.0 Å². The van der Waals surface area contributed by atoms with E-state index < -0.39 is 11.6 Å². The molecule has 0 bridgehead atoms. The van der Waals surface area contributed by atoms with E-state index in [-0.39, 0.29) is 17.7 Å². The third-order valence-electron chi connectivity index (χ3n) is 4.03. The summed E-state index contributed by atoms with van der Waals surface area (Å²) >= 11 is 0. The molecule has 24 heavy (non-hydrogen) atoms. The van der Waals surface area contributed by atoms with E-state index in [4.69, 9.17) is 9.84 Å². The lowest BCUT2D eigenvalue weighted by atomic mass is 10.1. The first kappa shape index (κ1) is 18.1. The Morgan fingerprint density at radius 3 is 2.58 bits per heavy atom. The molecule has 0 unspecified atom stereocenters. The van der Waals surface area contributed by atoms with Crippen molar-refractivity contribution in [2.45, 2.75) is 45.8 Å². The zero-order valence-electron chi connectivity index (χ0n) is 14.8. The van der Waals surface area contributed by atoms with Gasteiger partial charge in [-0.3, -0.25) is 0 Å². The van der Waals surface area contributed by atoms with Crippen LogP contribution in [0, 0.1) is 0 Å². The zero-order chi connectivity index (χ0) is 17.9. The van der Waals surface area contributed by atoms with E-state index >= 15 is 0 Å². The number of carboxylic acid groups (broad SMARTS) is 1. The van der Waals surface area contributed by atoms with Crippen molar-refractivity contribution in [2.24, 2.45) is 0 Å². The van der Waals surface area contributed by atoms with E-state index in [9.17, 15) is 9.59 Å². The standard InChI is InChI=1S/C18H26N2O4/c1-5-14-12-19(17(23)24-18(2,3)4)9-10-20(14)15-8-6-7-13(11-15)16(21)22/h6-8,11,14H,5,9-10,12H2,1-4H3,(H,21,22)/t14-/m0/s1. The van der Waals surface area contributed by atoms with Gasteiger partial charge < -0.3 is 19.6 Å². The van der Waals surface area contributed by atoms with Crippen LogP contribution in [0.25, 0.3) is 0 Å². The Balaban J connectivity index is 2.12. The Bertz CT molecular complexity index is 609. The minimum atomic E-state index is -0.933. The Morgan fingerprint density at radius 1 is 1.29 bits per heavy atom. The summed E-state index contributed by atoms with van der Waals surface area (Å²) < 4.78 is 5.45. The number of hydrogen-bond acceptors (Lipinski definition) is 4. The number of carboxylic acids is 1. The minimum absolute atomic E-state index is 0.135. The van der Waals surface area contributed by atoms with Gasteiger partial charge in [0.25, 0.3) is 0 Å². The fourth-order valence-corrected chi connectivity index (χ4v) is 2.85. The number of rotatable bonds is 3. The first-order valence-electron chi connectivity index (χ1n) is 8.29. The molecular formula is C18H26N2O4. The van der Waals surface area contributed by atoms with E-state index in [0.717, 1.165) is 12.1 Å². The van der Waals surface area contributed by atoms with Gasteiger partial charge in [0, 0.05) is 31.4 Å². The molecule has 1 aliphatic heterocycles. The lowest BCUT2D eigenvalue weighted by Crippen LogP contribution is -2.55. The van der Waals surface area contributed by atoms with E-state index in [1.165, 1.54) is 0 Å². The summed E-state index contributed by atoms with van der Waals surface area (Å²) in [5.74, 6) is -0.933. The molecule has 6 heteroatoms. The molecule has 0 radical (unpaired) electrons. The molecule has 1 atom stereocenters. The first-order valence-corrected chi connectivity index (χ1v) is 8.29. The number of carbonyl (C=O) groups excluding carboxylic acids is 1. The zero-order valence-corrected chi connectivity index (χ0v) is 14.8. The van der Waals surface area contributed by atoms with Gasteiger partial charge in [-0.15, -0.1) is 0 Å². The van der Waals surface area contributed by atoms with Gasteiger partial charge in [-0.05, 0) is 45.4 Å². The van der Waals surface area contributed by atoms with Crippen molar-refractivity contribution in [1.82, 2.24) is 4.90 Å². The summed E-state index contributed by atoms with van der Waals surface area (Å²) in [5.41, 5.74) is 0.647. The van der Waals surface area contributed by atoms with Gasteiger partial charge in [0.05, 0.1) is 5.56 Å². The summed E-state index contributed by atoms with van der Waals surface area (Å²) in [5, 5.41) is 9.17. The van der Waals surface area contributed by atoms with Crippen LogP contribution in [0.5, 0.6) is 0 Å². The van der Waals surface area contributed by atoms with Crippen molar-refractivity contribution < 1.29 is 19.4 Å². The summed E-state index contributed by atoms with van der Waals surface area (Å²) in [4.78, 5) is 27.3. The fourth-order valence-electron chi connectivity index (χ4n) is 2.85.